The minimum absolute atomic E-state index is 0.837. The van der Waals surface area contributed by atoms with Crippen LogP contribution in [0.4, 0.5) is 5.82 Å². The Hall–Kier alpha value is -2.57. The number of nitrogens with zero attached hydrogens (tertiary/aromatic N) is 7. The summed E-state index contributed by atoms with van der Waals surface area (Å²) in [6, 6.07) is 1.90. The zero-order valence-corrected chi connectivity index (χ0v) is 12.5. The van der Waals surface area contributed by atoms with E-state index >= 15 is 0 Å². The molecular formula is C15H17N7. The fourth-order valence-electron chi connectivity index (χ4n) is 3.01. The van der Waals surface area contributed by atoms with E-state index < -0.39 is 0 Å². The lowest BCUT2D eigenvalue weighted by atomic mass is 10.1. The van der Waals surface area contributed by atoms with E-state index in [0.29, 0.717) is 0 Å². The fraction of sp³-hybridized carbons (Fsp3) is 0.400. The van der Waals surface area contributed by atoms with Crippen molar-refractivity contribution in [3.05, 3.63) is 24.8 Å². The number of imidazole rings is 1. The molecule has 3 aromatic rings. The molecule has 0 radical (unpaired) electrons. The van der Waals surface area contributed by atoms with Crippen molar-refractivity contribution in [1.29, 1.82) is 0 Å². The normalized spacial score (nSPS) is 15.4. The van der Waals surface area contributed by atoms with Gasteiger partial charge in [0.05, 0.1) is 12.4 Å². The predicted molar refractivity (Wildman–Crippen MR) is 83.4 cm³/mol. The summed E-state index contributed by atoms with van der Waals surface area (Å²) in [5, 5.41) is 7.76. The molecule has 0 saturated carbocycles. The zero-order valence-electron chi connectivity index (χ0n) is 12.5. The molecule has 3 aromatic heterocycles. The van der Waals surface area contributed by atoms with Crippen LogP contribution in [0.1, 0.15) is 19.3 Å². The number of hydrogen-bond donors (Lipinski definition) is 0. The predicted octanol–water partition coefficient (Wildman–Crippen LogP) is 1.81. The fourth-order valence-corrected chi connectivity index (χ4v) is 3.01. The quantitative estimate of drug-likeness (QED) is 0.718. The van der Waals surface area contributed by atoms with E-state index in [1.165, 1.54) is 19.3 Å². The summed E-state index contributed by atoms with van der Waals surface area (Å²) < 4.78 is 1.99. The van der Waals surface area contributed by atoms with Gasteiger partial charge in [0.25, 0.3) is 0 Å². The third-order valence-electron chi connectivity index (χ3n) is 4.13. The Balaban J connectivity index is 1.87. The maximum atomic E-state index is 4.79. The van der Waals surface area contributed by atoms with Crippen molar-refractivity contribution in [2.24, 2.45) is 7.05 Å². The molecule has 1 aliphatic rings. The molecule has 0 unspecified atom stereocenters. The first kappa shape index (κ1) is 13.1. The maximum Gasteiger partial charge on any atom is 0.165 e. The van der Waals surface area contributed by atoms with Gasteiger partial charge in [-0.3, -0.25) is 0 Å². The van der Waals surface area contributed by atoms with Gasteiger partial charge in [-0.2, -0.15) is 10.2 Å². The van der Waals surface area contributed by atoms with E-state index in [2.05, 4.69) is 25.1 Å². The van der Waals surface area contributed by atoms with Crippen molar-refractivity contribution in [1.82, 2.24) is 29.7 Å². The zero-order chi connectivity index (χ0) is 14.9. The monoisotopic (exact) mass is 295 g/mol. The van der Waals surface area contributed by atoms with E-state index in [9.17, 15) is 0 Å². The number of hydrogen-bond acceptors (Lipinski definition) is 6. The Morgan fingerprint density at radius 2 is 1.91 bits per heavy atom. The van der Waals surface area contributed by atoms with Gasteiger partial charge in [0.2, 0.25) is 0 Å². The van der Waals surface area contributed by atoms with E-state index in [1.807, 2.05) is 17.7 Å². The lowest BCUT2D eigenvalue weighted by Gasteiger charge is -2.27. The van der Waals surface area contributed by atoms with E-state index in [4.69, 9.17) is 4.98 Å². The number of aromatic nitrogens is 6. The highest BCUT2D eigenvalue weighted by atomic mass is 15.2. The van der Waals surface area contributed by atoms with Crippen LogP contribution < -0.4 is 4.90 Å². The van der Waals surface area contributed by atoms with Crippen LogP contribution in [-0.2, 0) is 7.05 Å². The van der Waals surface area contributed by atoms with Gasteiger partial charge >= 0.3 is 0 Å². The van der Waals surface area contributed by atoms with Crippen molar-refractivity contribution in [3.8, 4) is 11.4 Å². The smallest absolute Gasteiger partial charge is 0.165 e. The Labute approximate surface area is 128 Å². The van der Waals surface area contributed by atoms with E-state index in [0.717, 1.165) is 41.5 Å². The molecule has 0 amide bonds. The summed E-state index contributed by atoms with van der Waals surface area (Å²) in [5.41, 5.74) is 2.64. The molecule has 1 fully saturated rings. The summed E-state index contributed by atoms with van der Waals surface area (Å²) >= 11 is 0. The molecule has 4 rings (SSSR count). The van der Waals surface area contributed by atoms with Gasteiger partial charge in [0, 0.05) is 25.7 Å². The van der Waals surface area contributed by atoms with Gasteiger partial charge in [-0.05, 0) is 25.3 Å². The second-order valence-corrected chi connectivity index (χ2v) is 5.54. The maximum absolute atomic E-state index is 4.79. The molecule has 112 valence electrons. The van der Waals surface area contributed by atoms with Crippen LogP contribution in [0.25, 0.3) is 22.6 Å². The molecule has 0 spiro atoms. The highest BCUT2D eigenvalue weighted by molar-refractivity contribution is 5.86. The molecule has 7 heteroatoms. The van der Waals surface area contributed by atoms with Gasteiger partial charge in [0.1, 0.15) is 12.2 Å². The van der Waals surface area contributed by atoms with Crippen LogP contribution in [0.5, 0.6) is 0 Å². The van der Waals surface area contributed by atoms with Crippen LogP contribution in [0.3, 0.4) is 0 Å². The molecular weight excluding hydrogens is 278 g/mol. The van der Waals surface area contributed by atoms with Crippen molar-refractivity contribution < 1.29 is 0 Å². The number of anilines is 1. The third-order valence-corrected chi connectivity index (χ3v) is 4.13. The Morgan fingerprint density at radius 3 is 2.68 bits per heavy atom. The molecule has 1 aliphatic heterocycles. The largest absolute Gasteiger partial charge is 0.355 e. The minimum atomic E-state index is 0.837. The van der Waals surface area contributed by atoms with Crippen LogP contribution in [-0.4, -0.2) is 42.8 Å². The highest BCUT2D eigenvalue weighted by Gasteiger charge is 2.20. The highest BCUT2D eigenvalue weighted by Crippen LogP contribution is 2.28. The molecule has 0 aromatic carbocycles. The summed E-state index contributed by atoms with van der Waals surface area (Å²) in [4.78, 5) is 16.0. The first-order valence-electron chi connectivity index (χ1n) is 7.54. The minimum Gasteiger partial charge on any atom is -0.355 e. The molecule has 0 atom stereocenters. The lowest BCUT2D eigenvalue weighted by molar-refractivity contribution is 0.574. The summed E-state index contributed by atoms with van der Waals surface area (Å²) in [7, 11) is 1.97. The van der Waals surface area contributed by atoms with Crippen molar-refractivity contribution in [2.45, 2.75) is 19.3 Å². The lowest BCUT2D eigenvalue weighted by Crippen LogP contribution is -2.30. The van der Waals surface area contributed by atoms with E-state index in [1.54, 1.807) is 18.7 Å². The summed E-state index contributed by atoms with van der Waals surface area (Å²) in [6.45, 7) is 2.07. The molecule has 7 nitrogen and oxygen atoms in total. The summed E-state index contributed by atoms with van der Waals surface area (Å²) in [6.07, 6.45) is 8.73. The van der Waals surface area contributed by atoms with Gasteiger partial charge in [-0.1, -0.05) is 0 Å². The van der Waals surface area contributed by atoms with Crippen LogP contribution in [0.15, 0.2) is 24.8 Å². The number of fused-ring (bicyclic) bond motifs is 1. The average molecular weight is 295 g/mol. The Morgan fingerprint density at radius 1 is 1.05 bits per heavy atom. The van der Waals surface area contributed by atoms with Gasteiger partial charge in [-0.15, -0.1) is 0 Å². The van der Waals surface area contributed by atoms with Gasteiger partial charge < -0.3 is 9.47 Å². The molecule has 4 heterocycles. The summed E-state index contributed by atoms with van der Waals surface area (Å²) in [5.74, 6) is 1.78. The Bertz CT molecular complexity index is 790. The van der Waals surface area contributed by atoms with Crippen LogP contribution in [0.2, 0.25) is 0 Å². The van der Waals surface area contributed by atoms with Crippen molar-refractivity contribution in [3.63, 3.8) is 0 Å². The number of piperidine rings is 1. The van der Waals surface area contributed by atoms with Crippen LogP contribution in [0, 0.1) is 0 Å². The standard InChI is InChI=1S/C15H17N7/c1-21-13(11-5-6-18-19-9-11)20-12-14(21)16-10-17-15(12)22-7-3-2-4-8-22/h5-6,9-10H,2-4,7-8H2,1H3. The molecule has 0 aliphatic carbocycles. The number of rotatable bonds is 2. The van der Waals surface area contributed by atoms with Crippen LogP contribution >= 0.6 is 0 Å². The van der Waals surface area contributed by atoms with E-state index in [-0.39, 0.29) is 0 Å². The average Bonchev–Trinajstić information content (AvgIpc) is 2.94. The number of aryl methyl sites for hydroxylation is 1. The van der Waals surface area contributed by atoms with Crippen molar-refractivity contribution in [2.75, 3.05) is 18.0 Å². The second-order valence-electron chi connectivity index (χ2n) is 5.54. The molecule has 22 heavy (non-hydrogen) atoms. The molecule has 0 bridgehead atoms. The SMILES string of the molecule is Cn1c(-c2ccnnc2)nc2c(N3CCCCC3)ncnc21. The molecule has 0 N–H and O–H groups in total. The third kappa shape index (κ3) is 2.09. The topological polar surface area (TPSA) is 72.6 Å². The first-order chi connectivity index (χ1) is 10.8. The first-order valence-corrected chi connectivity index (χ1v) is 7.54. The molecule has 1 saturated heterocycles. The van der Waals surface area contributed by atoms with Gasteiger partial charge in [-0.25, -0.2) is 15.0 Å². The van der Waals surface area contributed by atoms with Crippen molar-refractivity contribution >= 4 is 17.0 Å². The second kappa shape index (κ2) is 5.32. The Kier molecular flexibility index (Phi) is 3.17. The van der Waals surface area contributed by atoms with Gasteiger partial charge in [0.15, 0.2) is 17.0 Å².